The molecule has 1 aliphatic rings. The molecule has 0 atom stereocenters. The van der Waals surface area contributed by atoms with E-state index < -0.39 is 5.97 Å². The molecule has 0 bridgehead atoms. The van der Waals surface area contributed by atoms with Crippen molar-refractivity contribution >= 4 is 16.9 Å². The third-order valence-corrected chi connectivity index (χ3v) is 4.28. The number of carboxylic acid groups (broad SMARTS) is 1. The number of nitrogens with one attached hydrogen (secondary N) is 1. The van der Waals surface area contributed by atoms with E-state index in [9.17, 15) is 9.90 Å². The number of benzene rings is 1. The Morgan fingerprint density at radius 3 is 2.80 bits per heavy atom. The average Bonchev–Trinajstić information content (AvgIpc) is 2.75. The summed E-state index contributed by atoms with van der Waals surface area (Å²) in [5.74, 6) is -0.414. The van der Waals surface area contributed by atoms with Crippen molar-refractivity contribution in [3.63, 3.8) is 0 Å². The summed E-state index contributed by atoms with van der Waals surface area (Å²) in [7, 11) is 0. The second-order valence-corrected chi connectivity index (χ2v) is 5.97. The van der Waals surface area contributed by atoms with E-state index in [-0.39, 0.29) is 5.56 Å². The molecule has 4 heteroatoms. The quantitative estimate of drug-likeness (QED) is 0.876. The fourth-order valence-corrected chi connectivity index (χ4v) is 2.89. The minimum atomic E-state index is -0.929. The summed E-state index contributed by atoms with van der Waals surface area (Å²) in [6.07, 6.45) is 3.78. The lowest BCUT2D eigenvalue weighted by molar-refractivity contribution is 0.0696. The fraction of sp³-hybridized carbons (Fsp3) is 0.438. The maximum Gasteiger partial charge on any atom is 0.339 e. The molecular weight excluding hydrogens is 254 g/mol. The monoisotopic (exact) mass is 273 g/mol. The molecular formula is C16H19NO3. The van der Waals surface area contributed by atoms with Gasteiger partial charge in [-0.25, -0.2) is 4.79 Å². The summed E-state index contributed by atoms with van der Waals surface area (Å²) in [6, 6.07) is 7.28. The SMILES string of the molecule is CC1(CNCc2oc3ccccc3c2C(=O)O)CCC1. The number of para-hydroxylation sites is 1. The van der Waals surface area contributed by atoms with Crippen LogP contribution in [0, 0.1) is 5.41 Å². The van der Waals surface area contributed by atoms with Crippen LogP contribution >= 0.6 is 0 Å². The molecule has 0 saturated heterocycles. The van der Waals surface area contributed by atoms with E-state index in [1.54, 1.807) is 12.1 Å². The van der Waals surface area contributed by atoms with Gasteiger partial charge in [-0.1, -0.05) is 31.5 Å². The molecule has 1 fully saturated rings. The van der Waals surface area contributed by atoms with E-state index in [0.717, 1.165) is 6.54 Å². The highest BCUT2D eigenvalue weighted by molar-refractivity contribution is 6.03. The van der Waals surface area contributed by atoms with E-state index in [1.165, 1.54) is 19.3 Å². The predicted octanol–water partition coefficient (Wildman–Crippen LogP) is 3.41. The van der Waals surface area contributed by atoms with Crippen LogP contribution in [0.4, 0.5) is 0 Å². The van der Waals surface area contributed by atoms with Crippen molar-refractivity contribution in [3.8, 4) is 0 Å². The van der Waals surface area contributed by atoms with E-state index in [1.807, 2.05) is 12.1 Å². The van der Waals surface area contributed by atoms with Crippen LogP contribution in [0.2, 0.25) is 0 Å². The Kier molecular flexibility index (Phi) is 3.26. The number of furan rings is 1. The molecule has 1 aliphatic carbocycles. The topological polar surface area (TPSA) is 62.5 Å². The van der Waals surface area contributed by atoms with Crippen molar-refractivity contribution in [2.24, 2.45) is 5.41 Å². The molecule has 0 spiro atoms. The van der Waals surface area contributed by atoms with Crippen LogP contribution < -0.4 is 5.32 Å². The van der Waals surface area contributed by atoms with Gasteiger partial charge in [0.2, 0.25) is 0 Å². The molecule has 0 radical (unpaired) electrons. The highest BCUT2D eigenvalue weighted by atomic mass is 16.4. The molecule has 1 aromatic carbocycles. The van der Waals surface area contributed by atoms with E-state index in [2.05, 4.69) is 12.2 Å². The van der Waals surface area contributed by atoms with Gasteiger partial charge in [-0.15, -0.1) is 0 Å². The Labute approximate surface area is 117 Å². The Bertz CT molecular complexity index is 640. The van der Waals surface area contributed by atoms with Crippen molar-refractivity contribution in [3.05, 3.63) is 35.6 Å². The second-order valence-electron chi connectivity index (χ2n) is 5.97. The van der Waals surface area contributed by atoms with Gasteiger partial charge in [-0.3, -0.25) is 0 Å². The Hall–Kier alpha value is -1.81. The third-order valence-electron chi connectivity index (χ3n) is 4.28. The standard InChI is InChI=1S/C16H19NO3/c1-16(7-4-8-16)10-17-9-13-14(15(18)19)11-5-2-3-6-12(11)20-13/h2-3,5-6,17H,4,7-10H2,1H3,(H,18,19). The highest BCUT2D eigenvalue weighted by Gasteiger charge is 2.31. The van der Waals surface area contributed by atoms with Gasteiger partial charge in [0.15, 0.2) is 0 Å². The van der Waals surface area contributed by atoms with Crippen LogP contribution in [0.25, 0.3) is 11.0 Å². The van der Waals surface area contributed by atoms with E-state index >= 15 is 0 Å². The van der Waals surface area contributed by atoms with Gasteiger partial charge in [-0.05, 0) is 24.3 Å². The van der Waals surface area contributed by atoms with Crippen LogP contribution in [0.1, 0.15) is 42.3 Å². The summed E-state index contributed by atoms with van der Waals surface area (Å²) in [6.45, 7) is 3.63. The van der Waals surface area contributed by atoms with Gasteiger partial charge in [0.25, 0.3) is 0 Å². The zero-order valence-corrected chi connectivity index (χ0v) is 11.6. The van der Waals surface area contributed by atoms with E-state index in [4.69, 9.17) is 4.42 Å². The molecule has 20 heavy (non-hydrogen) atoms. The first kappa shape index (κ1) is 13.2. The Balaban J connectivity index is 1.79. The van der Waals surface area contributed by atoms with Crippen LogP contribution in [0.15, 0.2) is 28.7 Å². The summed E-state index contributed by atoms with van der Waals surface area (Å²) in [5.41, 5.74) is 1.29. The lowest BCUT2D eigenvalue weighted by atomic mass is 9.70. The molecule has 0 aliphatic heterocycles. The van der Waals surface area contributed by atoms with Crippen LogP contribution in [0.5, 0.6) is 0 Å². The van der Waals surface area contributed by atoms with Crippen LogP contribution in [-0.2, 0) is 6.54 Å². The van der Waals surface area contributed by atoms with Crippen molar-refractivity contribution in [1.29, 1.82) is 0 Å². The summed E-state index contributed by atoms with van der Waals surface area (Å²) in [5, 5.41) is 13.4. The smallest absolute Gasteiger partial charge is 0.339 e. The number of hydrogen-bond donors (Lipinski definition) is 2. The predicted molar refractivity (Wildman–Crippen MR) is 76.8 cm³/mol. The first-order chi connectivity index (χ1) is 9.59. The van der Waals surface area contributed by atoms with Gasteiger partial charge in [-0.2, -0.15) is 0 Å². The summed E-state index contributed by atoms with van der Waals surface area (Å²) < 4.78 is 5.68. The molecule has 0 amide bonds. The molecule has 2 aromatic rings. The fourth-order valence-electron chi connectivity index (χ4n) is 2.89. The third kappa shape index (κ3) is 2.31. The molecule has 2 N–H and O–H groups in total. The summed E-state index contributed by atoms with van der Waals surface area (Å²) >= 11 is 0. The number of aromatic carboxylic acids is 1. The molecule has 1 aromatic heterocycles. The first-order valence-corrected chi connectivity index (χ1v) is 7.03. The largest absolute Gasteiger partial charge is 0.478 e. The molecule has 1 heterocycles. The lowest BCUT2D eigenvalue weighted by Crippen LogP contribution is -2.37. The zero-order chi connectivity index (χ0) is 14.2. The normalized spacial score (nSPS) is 17.1. The van der Waals surface area contributed by atoms with Crippen molar-refractivity contribution in [1.82, 2.24) is 5.32 Å². The van der Waals surface area contributed by atoms with Crippen LogP contribution in [-0.4, -0.2) is 17.6 Å². The van der Waals surface area contributed by atoms with Gasteiger partial charge in [0.05, 0.1) is 6.54 Å². The Morgan fingerprint density at radius 2 is 2.15 bits per heavy atom. The van der Waals surface area contributed by atoms with Gasteiger partial charge >= 0.3 is 5.97 Å². The van der Waals surface area contributed by atoms with Crippen LogP contribution in [0.3, 0.4) is 0 Å². The van der Waals surface area contributed by atoms with E-state index in [0.29, 0.717) is 28.7 Å². The molecule has 1 saturated carbocycles. The molecule has 3 rings (SSSR count). The average molecular weight is 273 g/mol. The molecule has 4 nitrogen and oxygen atoms in total. The minimum absolute atomic E-state index is 0.284. The second kappa shape index (κ2) is 4.94. The number of fused-ring (bicyclic) bond motifs is 1. The number of hydrogen-bond acceptors (Lipinski definition) is 3. The molecule has 106 valence electrons. The first-order valence-electron chi connectivity index (χ1n) is 7.03. The van der Waals surface area contributed by atoms with Crippen molar-refractivity contribution < 1.29 is 14.3 Å². The minimum Gasteiger partial charge on any atom is -0.478 e. The number of carboxylic acids is 1. The highest BCUT2D eigenvalue weighted by Crippen LogP contribution is 2.39. The zero-order valence-electron chi connectivity index (χ0n) is 11.6. The lowest BCUT2D eigenvalue weighted by Gasteiger charge is -2.38. The maximum atomic E-state index is 11.4. The maximum absolute atomic E-state index is 11.4. The van der Waals surface area contributed by atoms with Gasteiger partial charge in [0.1, 0.15) is 16.9 Å². The Morgan fingerprint density at radius 1 is 1.40 bits per heavy atom. The van der Waals surface area contributed by atoms with Gasteiger partial charge < -0.3 is 14.8 Å². The molecule has 0 unspecified atom stereocenters. The number of rotatable bonds is 5. The van der Waals surface area contributed by atoms with Gasteiger partial charge in [0, 0.05) is 11.9 Å². The van der Waals surface area contributed by atoms with Crippen molar-refractivity contribution in [2.45, 2.75) is 32.7 Å². The van der Waals surface area contributed by atoms with Crippen molar-refractivity contribution in [2.75, 3.05) is 6.54 Å². The summed E-state index contributed by atoms with van der Waals surface area (Å²) in [4.78, 5) is 11.4. The number of carbonyl (C=O) groups is 1.